The molecule has 0 unspecified atom stereocenters. The van der Waals surface area contributed by atoms with Crippen LogP contribution in [0.25, 0.3) is 0 Å². The van der Waals surface area contributed by atoms with E-state index in [-0.39, 0.29) is 28.6 Å². The Morgan fingerprint density at radius 3 is 2.27 bits per heavy atom. The van der Waals surface area contributed by atoms with Gasteiger partial charge in [-0.1, -0.05) is 11.8 Å². The molecule has 1 amide bonds. The molecule has 9 heteroatoms. The van der Waals surface area contributed by atoms with Crippen LogP contribution in [0.3, 0.4) is 0 Å². The summed E-state index contributed by atoms with van der Waals surface area (Å²) in [6.45, 7) is 1.49. The van der Waals surface area contributed by atoms with Gasteiger partial charge in [-0.05, 0) is 55.5 Å². The molecular formula is C21H20N2O5S2. The van der Waals surface area contributed by atoms with Gasteiger partial charge in [0.05, 0.1) is 24.7 Å². The first-order valence-corrected chi connectivity index (χ1v) is 12.0. The monoisotopic (exact) mass is 444 g/mol. The minimum Gasteiger partial charge on any atom is -0.497 e. The number of benzene rings is 2. The molecule has 4 rings (SSSR count). The zero-order valence-electron chi connectivity index (χ0n) is 16.4. The fourth-order valence-corrected chi connectivity index (χ4v) is 7.52. The third-order valence-corrected chi connectivity index (χ3v) is 8.36. The van der Waals surface area contributed by atoms with Gasteiger partial charge >= 0.3 is 0 Å². The van der Waals surface area contributed by atoms with E-state index in [9.17, 15) is 18.0 Å². The highest BCUT2D eigenvalue weighted by Gasteiger charge is 2.49. The first kappa shape index (κ1) is 20.6. The van der Waals surface area contributed by atoms with Crippen molar-refractivity contribution in [2.45, 2.75) is 18.2 Å². The number of ether oxygens (including phenoxy) is 1. The second-order valence-corrected chi connectivity index (χ2v) is 10.6. The van der Waals surface area contributed by atoms with Crippen molar-refractivity contribution in [1.82, 2.24) is 0 Å². The summed E-state index contributed by atoms with van der Waals surface area (Å²) in [5.41, 5.74) is 1.69. The lowest BCUT2D eigenvalue weighted by Crippen LogP contribution is -2.37. The maximum absolute atomic E-state index is 12.7. The Bertz CT molecular complexity index is 1120. The van der Waals surface area contributed by atoms with Crippen molar-refractivity contribution in [2.75, 3.05) is 23.5 Å². The molecule has 2 aliphatic rings. The van der Waals surface area contributed by atoms with Gasteiger partial charge in [-0.25, -0.2) is 8.42 Å². The van der Waals surface area contributed by atoms with E-state index in [4.69, 9.17) is 4.74 Å². The Labute approximate surface area is 179 Å². The number of nitrogens with zero attached hydrogens (tertiary/aromatic N) is 2. The number of hydrogen-bond donors (Lipinski definition) is 0. The minimum atomic E-state index is -3.15. The maximum Gasteiger partial charge on any atom is 0.279 e. The second-order valence-electron chi connectivity index (χ2n) is 7.20. The van der Waals surface area contributed by atoms with Gasteiger partial charge in [-0.15, -0.1) is 0 Å². The van der Waals surface area contributed by atoms with E-state index >= 15 is 0 Å². The van der Waals surface area contributed by atoms with E-state index in [0.717, 1.165) is 0 Å². The first-order valence-electron chi connectivity index (χ1n) is 9.32. The summed E-state index contributed by atoms with van der Waals surface area (Å²) in [6.07, 6.45) is 0. The Morgan fingerprint density at radius 2 is 1.67 bits per heavy atom. The van der Waals surface area contributed by atoms with Crippen LogP contribution in [-0.2, 0) is 9.84 Å². The lowest BCUT2D eigenvalue weighted by molar-refractivity contribution is 0.0998. The molecule has 2 fully saturated rings. The van der Waals surface area contributed by atoms with E-state index in [1.165, 1.54) is 18.7 Å². The second kappa shape index (κ2) is 7.88. The van der Waals surface area contributed by atoms with Crippen molar-refractivity contribution in [3.63, 3.8) is 0 Å². The van der Waals surface area contributed by atoms with Crippen molar-refractivity contribution >= 4 is 44.1 Å². The molecule has 7 nitrogen and oxygen atoms in total. The van der Waals surface area contributed by atoms with Crippen LogP contribution < -0.4 is 9.64 Å². The molecule has 0 saturated carbocycles. The topological polar surface area (TPSA) is 93.1 Å². The quantitative estimate of drug-likeness (QED) is 0.670. The molecule has 2 aromatic carbocycles. The van der Waals surface area contributed by atoms with Gasteiger partial charge in [0.2, 0.25) is 0 Å². The smallest absolute Gasteiger partial charge is 0.279 e. The summed E-state index contributed by atoms with van der Waals surface area (Å²) in [4.78, 5) is 30.4. The molecule has 0 radical (unpaired) electrons. The number of amides is 1. The molecule has 2 aromatic rings. The summed E-state index contributed by atoms with van der Waals surface area (Å²) >= 11 is 1.31. The number of fused-ring (bicyclic) bond motifs is 1. The highest BCUT2D eigenvalue weighted by molar-refractivity contribution is 8.16. The molecule has 2 saturated heterocycles. The number of anilines is 1. The number of carbonyl (C=O) groups is 2. The maximum atomic E-state index is 12.7. The van der Waals surface area contributed by atoms with Crippen LogP contribution in [-0.4, -0.2) is 55.2 Å². The Hall–Kier alpha value is -2.65. The first-order chi connectivity index (χ1) is 14.3. The molecular weight excluding hydrogens is 424 g/mol. The number of carbonyl (C=O) groups excluding carboxylic acids is 2. The molecule has 0 N–H and O–H groups in total. The molecule has 30 heavy (non-hydrogen) atoms. The van der Waals surface area contributed by atoms with Crippen LogP contribution in [0.2, 0.25) is 0 Å². The zero-order valence-corrected chi connectivity index (χ0v) is 18.1. The Kier molecular flexibility index (Phi) is 5.42. The summed E-state index contributed by atoms with van der Waals surface area (Å²) < 4.78 is 29.5. The van der Waals surface area contributed by atoms with Crippen molar-refractivity contribution in [2.24, 2.45) is 4.99 Å². The predicted octanol–water partition coefficient (Wildman–Crippen LogP) is 2.81. The molecule has 0 bridgehead atoms. The number of amidine groups is 1. The molecule has 156 valence electrons. The highest BCUT2D eigenvalue weighted by Crippen LogP contribution is 2.41. The van der Waals surface area contributed by atoms with Gasteiger partial charge in [0.1, 0.15) is 5.75 Å². The summed E-state index contributed by atoms with van der Waals surface area (Å²) in [5, 5.41) is 0.279. The molecule has 0 spiro atoms. The lowest BCUT2D eigenvalue weighted by atomic mass is 10.1. The SMILES string of the molecule is COc1ccc(C(=O)N=C2S[C@@H]3CS(=O)(=O)C[C@H]3N2c2ccc(C(C)=O)cc2)cc1. The number of aliphatic imine (C=N–C) groups is 1. The number of ketones is 1. The minimum absolute atomic E-state index is 0.00880. The summed E-state index contributed by atoms with van der Waals surface area (Å²) in [7, 11) is -1.60. The van der Waals surface area contributed by atoms with Gasteiger partial charge in [-0.3, -0.25) is 9.59 Å². The number of thioether (sulfide) groups is 1. The van der Waals surface area contributed by atoms with E-state index in [0.29, 0.717) is 27.7 Å². The number of rotatable bonds is 4. The third-order valence-electron chi connectivity index (χ3n) is 5.15. The average Bonchev–Trinajstić information content (AvgIpc) is 3.18. The van der Waals surface area contributed by atoms with Crippen LogP contribution in [0.1, 0.15) is 27.6 Å². The molecule has 2 aliphatic heterocycles. The van der Waals surface area contributed by atoms with E-state index < -0.39 is 15.7 Å². The van der Waals surface area contributed by atoms with Crippen LogP contribution in [0, 0.1) is 0 Å². The molecule has 0 aliphatic carbocycles. The summed E-state index contributed by atoms with van der Waals surface area (Å²) in [5.74, 6) is 0.242. The van der Waals surface area contributed by atoms with E-state index in [2.05, 4.69) is 4.99 Å². The number of methoxy groups -OCH3 is 1. The largest absolute Gasteiger partial charge is 0.497 e. The van der Waals surface area contributed by atoms with Gasteiger partial charge in [-0.2, -0.15) is 4.99 Å². The van der Waals surface area contributed by atoms with Gasteiger partial charge < -0.3 is 9.64 Å². The van der Waals surface area contributed by atoms with Crippen molar-refractivity contribution < 1.29 is 22.7 Å². The summed E-state index contributed by atoms with van der Waals surface area (Å²) in [6, 6.07) is 13.3. The van der Waals surface area contributed by atoms with Gasteiger partial charge in [0.25, 0.3) is 5.91 Å². The number of sulfone groups is 1. The lowest BCUT2D eigenvalue weighted by Gasteiger charge is -2.24. The van der Waals surface area contributed by atoms with Crippen LogP contribution in [0.5, 0.6) is 5.75 Å². The third kappa shape index (κ3) is 3.99. The van der Waals surface area contributed by atoms with Crippen LogP contribution in [0.15, 0.2) is 53.5 Å². The van der Waals surface area contributed by atoms with E-state index in [1.807, 2.05) is 4.90 Å². The zero-order chi connectivity index (χ0) is 21.5. The highest BCUT2D eigenvalue weighted by atomic mass is 32.2. The Morgan fingerprint density at radius 1 is 1.03 bits per heavy atom. The Balaban J connectivity index is 1.69. The standard InChI is InChI=1S/C21H20N2O5S2/c1-13(24)14-3-7-16(8-4-14)23-18-11-30(26,27)12-19(18)29-21(23)22-20(25)15-5-9-17(28-2)10-6-15/h3-10,18-19H,11-12H2,1-2H3/t18-,19-/m1/s1. The van der Waals surface area contributed by atoms with Crippen molar-refractivity contribution in [3.05, 3.63) is 59.7 Å². The molecule has 2 heterocycles. The van der Waals surface area contributed by atoms with Crippen LogP contribution >= 0.6 is 11.8 Å². The number of Topliss-reactive ketones (excluding diaryl/α,β-unsaturated/α-hetero) is 1. The fourth-order valence-electron chi connectivity index (χ4n) is 3.61. The van der Waals surface area contributed by atoms with Crippen LogP contribution in [0.4, 0.5) is 5.69 Å². The predicted molar refractivity (Wildman–Crippen MR) is 118 cm³/mol. The average molecular weight is 445 g/mol. The molecule has 0 aromatic heterocycles. The molecule has 2 atom stereocenters. The van der Waals surface area contributed by atoms with Gasteiger partial charge in [0, 0.05) is 22.1 Å². The normalized spacial score (nSPS) is 23.4. The van der Waals surface area contributed by atoms with Gasteiger partial charge in [0.15, 0.2) is 20.8 Å². The van der Waals surface area contributed by atoms with Crippen molar-refractivity contribution in [1.29, 1.82) is 0 Å². The fraction of sp³-hybridized carbons (Fsp3) is 0.286. The van der Waals surface area contributed by atoms with E-state index in [1.54, 1.807) is 55.6 Å². The number of hydrogen-bond acceptors (Lipinski definition) is 6. The van der Waals surface area contributed by atoms with Crippen molar-refractivity contribution in [3.8, 4) is 5.75 Å².